The van der Waals surface area contributed by atoms with Crippen LogP contribution in [-0.4, -0.2) is 40.1 Å². The minimum Gasteiger partial charge on any atom is -0.462 e. The van der Waals surface area contributed by atoms with Crippen molar-refractivity contribution in [3.05, 3.63) is 66.5 Å². The molecule has 30 heavy (non-hydrogen) atoms. The maximum absolute atomic E-state index is 12.1. The molecule has 0 aliphatic carbocycles. The Labute approximate surface area is 175 Å². The van der Waals surface area contributed by atoms with E-state index in [0.29, 0.717) is 23.4 Å². The highest BCUT2D eigenvalue weighted by atomic mass is 16.6. The normalized spacial score (nSPS) is 11.5. The molecule has 3 heterocycles. The first-order chi connectivity index (χ1) is 14.6. The lowest BCUT2D eigenvalue weighted by molar-refractivity contribution is -0.149. The van der Waals surface area contributed by atoms with Crippen LogP contribution in [0.3, 0.4) is 0 Å². The van der Waals surface area contributed by atoms with Gasteiger partial charge in [-0.3, -0.25) is 14.8 Å². The number of pyridine rings is 3. The molecule has 7 heteroatoms. The Kier molecular flexibility index (Phi) is 7.21. The topological polar surface area (TPSA) is 91.3 Å². The average molecular weight is 405 g/mol. The zero-order valence-corrected chi connectivity index (χ0v) is 16.9. The first kappa shape index (κ1) is 21.1. The fourth-order valence-corrected chi connectivity index (χ4v) is 2.57. The molecular formula is C23H23N3O4. The van der Waals surface area contributed by atoms with Crippen LogP contribution in [0.4, 0.5) is 0 Å². The van der Waals surface area contributed by atoms with Gasteiger partial charge >= 0.3 is 11.9 Å². The van der Waals surface area contributed by atoms with E-state index in [1.807, 2.05) is 43.3 Å². The highest BCUT2D eigenvalue weighted by molar-refractivity contribution is 5.89. The molecule has 0 aliphatic heterocycles. The van der Waals surface area contributed by atoms with Crippen LogP contribution in [0.1, 0.15) is 30.6 Å². The van der Waals surface area contributed by atoms with Crippen LogP contribution < -0.4 is 0 Å². The first-order valence-electron chi connectivity index (χ1n) is 9.77. The summed E-state index contributed by atoms with van der Waals surface area (Å²) in [5.74, 6) is -0.980. The van der Waals surface area contributed by atoms with Crippen molar-refractivity contribution in [2.45, 2.75) is 20.3 Å². The minimum absolute atomic E-state index is 0.00354. The van der Waals surface area contributed by atoms with Gasteiger partial charge < -0.3 is 9.47 Å². The summed E-state index contributed by atoms with van der Waals surface area (Å²) in [5.41, 5.74) is 3.13. The molecule has 0 spiro atoms. The van der Waals surface area contributed by atoms with E-state index < -0.39 is 5.97 Å². The Hall–Kier alpha value is -3.61. The third kappa shape index (κ3) is 5.47. The SMILES string of the molecule is CCC(C)C(=O)OCCOC(=O)c1ccc(-c2cccc(-c3ccccn3)n2)nc1. The lowest BCUT2D eigenvalue weighted by Crippen LogP contribution is -2.18. The van der Waals surface area contributed by atoms with Gasteiger partial charge in [-0.15, -0.1) is 0 Å². The van der Waals surface area contributed by atoms with Gasteiger partial charge in [-0.1, -0.05) is 26.0 Å². The second-order valence-electron chi connectivity index (χ2n) is 6.67. The maximum Gasteiger partial charge on any atom is 0.339 e. The van der Waals surface area contributed by atoms with Gasteiger partial charge in [0.05, 0.1) is 34.3 Å². The first-order valence-corrected chi connectivity index (χ1v) is 9.77. The van der Waals surface area contributed by atoms with Crippen molar-refractivity contribution in [2.75, 3.05) is 13.2 Å². The van der Waals surface area contributed by atoms with Crippen molar-refractivity contribution in [3.63, 3.8) is 0 Å². The molecule has 3 aromatic heterocycles. The summed E-state index contributed by atoms with van der Waals surface area (Å²) in [5, 5.41) is 0. The third-order valence-electron chi connectivity index (χ3n) is 4.51. The number of esters is 2. The highest BCUT2D eigenvalue weighted by Crippen LogP contribution is 2.20. The van der Waals surface area contributed by atoms with Gasteiger partial charge in [0.15, 0.2) is 0 Å². The molecular weight excluding hydrogens is 382 g/mol. The second-order valence-corrected chi connectivity index (χ2v) is 6.67. The molecule has 1 unspecified atom stereocenters. The van der Waals surface area contributed by atoms with Crippen LogP contribution in [-0.2, 0) is 14.3 Å². The zero-order chi connectivity index (χ0) is 21.3. The molecule has 3 aromatic rings. The van der Waals surface area contributed by atoms with Gasteiger partial charge in [-0.05, 0) is 42.8 Å². The van der Waals surface area contributed by atoms with Crippen LogP contribution in [0.5, 0.6) is 0 Å². The number of hydrogen-bond acceptors (Lipinski definition) is 7. The van der Waals surface area contributed by atoms with E-state index in [9.17, 15) is 9.59 Å². The fraction of sp³-hybridized carbons (Fsp3) is 0.261. The highest BCUT2D eigenvalue weighted by Gasteiger charge is 2.13. The number of ether oxygens (including phenoxy) is 2. The molecule has 0 N–H and O–H groups in total. The number of aromatic nitrogens is 3. The zero-order valence-electron chi connectivity index (χ0n) is 16.9. The van der Waals surface area contributed by atoms with Gasteiger partial charge in [-0.25, -0.2) is 9.78 Å². The molecule has 0 fully saturated rings. The van der Waals surface area contributed by atoms with Crippen molar-refractivity contribution in [1.82, 2.24) is 15.0 Å². The Morgan fingerprint density at radius 1 is 0.867 bits per heavy atom. The van der Waals surface area contributed by atoms with E-state index in [0.717, 1.165) is 11.4 Å². The van der Waals surface area contributed by atoms with E-state index in [2.05, 4.69) is 15.0 Å². The lowest BCUT2D eigenvalue weighted by Gasteiger charge is -2.09. The van der Waals surface area contributed by atoms with E-state index in [-0.39, 0.29) is 25.1 Å². The molecule has 0 aromatic carbocycles. The molecule has 0 bridgehead atoms. The Morgan fingerprint density at radius 3 is 2.20 bits per heavy atom. The molecule has 1 atom stereocenters. The van der Waals surface area contributed by atoms with Crippen molar-refractivity contribution < 1.29 is 19.1 Å². The fourth-order valence-electron chi connectivity index (χ4n) is 2.57. The molecule has 0 saturated carbocycles. The lowest BCUT2D eigenvalue weighted by atomic mass is 10.1. The standard InChI is InChI=1S/C23H23N3O4/c1-3-16(2)22(27)29-13-14-30-23(28)17-10-11-19(25-15-17)21-9-6-8-20(26-21)18-7-4-5-12-24-18/h4-12,15-16H,3,13-14H2,1-2H3. The van der Waals surface area contributed by atoms with Gasteiger partial charge in [0, 0.05) is 12.4 Å². The largest absolute Gasteiger partial charge is 0.462 e. The van der Waals surface area contributed by atoms with Crippen LogP contribution in [0.15, 0.2) is 60.9 Å². The van der Waals surface area contributed by atoms with E-state index >= 15 is 0 Å². The van der Waals surface area contributed by atoms with Crippen molar-refractivity contribution >= 4 is 11.9 Å². The summed E-state index contributed by atoms with van der Waals surface area (Å²) in [7, 11) is 0. The predicted octanol–water partition coefficient (Wildman–Crippen LogP) is 3.95. The van der Waals surface area contributed by atoms with E-state index in [1.165, 1.54) is 6.20 Å². The molecule has 154 valence electrons. The van der Waals surface area contributed by atoms with Crippen LogP contribution in [0.2, 0.25) is 0 Å². The van der Waals surface area contributed by atoms with Gasteiger partial charge in [0.2, 0.25) is 0 Å². The van der Waals surface area contributed by atoms with Crippen LogP contribution in [0, 0.1) is 5.92 Å². The summed E-state index contributed by atoms with van der Waals surface area (Å²) in [6, 6.07) is 14.6. The van der Waals surface area contributed by atoms with Gasteiger partial charge in [0.25, 0.3) is 0 Å². The van der Waals surface area contributed by atoms with Gasteiger partial charge in [0.1, 0.15) is 13.2 Å². The summed E-state index contributed by atoms with van der Waals surface area (Å²) in [6.07, 6.45) is 3.86. The van der Waals surface area contributed by atoms with E-state index in [4.69, 9.17) is 9.47 Å². The number of rotatable bonds is 8. The molecule has 0 saturated heterocycles. The number of nitrogens with zero attached hydrogens (tertiary/aromatic N) is 3. The maximum atomic E-state index is 12.1. The summed E-state index contributed by atoms with van der Waals surface area (Å²) in [4.78, 5) is 37.0. The summed E-state index contributed by atoms with van der Waals surface area (Å²) >= 11 is 0. The molecule has 0 aliphatic rings. The monoisotopic (exact) mass is 405 g/mol. The molecule has 7 nitrogen and oxygen atoms in total. The van der Waals surface area contributed by atoms with Crippen LogP contribution >= 0.6 is 0 Å². The van der Waals surface area contributed by atoms with Crippen molar-refractivity contribution in [1.29, 1.82) is 0 Å². The van der Waals surface area contributed by atoms with Gasteiger partial charge in [-0.2, -0.15) is 0 Å². The number of carbonyl (C=O) groups excluding carboxylic acids is 2. The van der Waals surface area contributed by atoms with E-state index in [1.54, 1.807) is 25.3 Å². The Bertz CT molecular complexity index is 991. The van der Waals surface area contributed by atoms with Crippen molar-refractivity contribution in [2.24, 2.45) is 5.92 Å². The molecule has 0 amide bonds. The van der Waals surface area contributed by atoms with Crippen molar-refractivity contribution in [3.8, 4) is 22.8 Å². The minimum atomic E-state index is -0.524. The third-order valence-corrected chi connectivity index (χ3v) is 4.51. The summed E-state index contributed by atoms with van der Waals surface area (Å²) < 4.78 is 10.2. The Balaban J connectivity index is 1.59. The quantitative estimate of drug-likeness (QED) is 0.414. The Morgan fingerprint density at radius 2 is 1.57 bits per heavy atom. The molecule has 3 rings (SSSR count). The second kappa shape index (κ2) is 10.2. The predicted molar refractivity (Wildman–Crippen MR) is 111 cm³/mol. The molecule has 0 radical (unpaired) electrons. The number of hydrogen-bond donors (Lipinski definition) is 0. The smallest absolute Gasteiger partial charge is 0.339 e. The number of carbonyl (C=O) groups is 2. The van der Waals surface area contributed by atoms with Crippen LogP contribution in [0.25, 0.3) is 22.8 Å². The summed E-state index contributed by atoms with van der Waals surface area (Å²) in [6.45, 7) is 3.73. The average Bonchev–Trinajstić information content (AvgIpc) is 2.81.